The molecule has 3 heteroatoms. The maximum absolute atomic E-state index is 8.32. The summed E-state index contributed by atoms with van der Waals surface area (Å²) in [6, 6.07) is 3.68. The third-order valence-electron chi connectivity index (χ3n) is 1.00. The smallest absolute Gasteiger partial charge is 0.136 e. The molecule has 0 fully saturated rings. The standard InChI is InChI=1S/C8H8N2O/c1-2-4-11-5-3-8(6-9)7-10/h4,8H,1,3,5H2. The Balaban J connectivity index is 3.47. The molecule has 0 bridgehead atoms. The molecule has 56 valence electrons. The Bertz CT molecular complexity index is 213. The quantitative estimate of drug-likeness (QED) is 0.343. The van der Waals surface area contributed by atoms with Gasteiger partial charge in [-0.15, -0.1) is 0 Å². The Hall–Kier alpha value is -1.70. The van der Waals surface area contributed by atoms with E-state index in [0.29, 0.717) is 13.0 Å². The Morgan fingerprint density at radius 3 is 2.55 bits per heavy atom. The molecule has 0 radical (unpaired) electrons. The molecule has 0 N–H and O–H groups in total. The lowest BCUT2D eigenvalue weighted by Crippen LogP contribution is -1.97. The van der Waals surface area contributed by atoms with Gasteiger partial charge in [-0.3, -0.25) is 0 Å². The highest BCUT2D eigenvalue weighted by atomic mass is 16.5. The van der Waals surface area contributed by atoms with E-state index in [0.717, 1.165) is 0 Å². The zero-order valence-corrected chi connectivity index (χ0v) is 6.08. The summed E-state index contributed by atoms with van der Waals surface area (Å²) in [6.07, 6.45) is 1.73. The first-order valence-corrected chi connectivity index (χ1v) is 3.10. The highest BCUT2D eigenvalue weighted by molar-refractivity contribution is 4.98. The lowest BCUT2D eigenvalue weighted by atomic mass is 10.1. The summed E-state index contributed by atoms with van der Waals surface area (Å²) >= 11 is 0. The van der Waals surface area contributed by atoms with E-state index in [1.165, 1.54) is 6.26 Å². The van der Waals surface area contributed by atoms with Gasteiger partial charge in [0.1, 0.15) is 12.2 Å². The van der Waals surface area contributed by atoms with Crippen molar-refractivity contribution >= 4 is 0 Å². The van der Waals surface area contributed by atoms with Crippen LogP contribution in [0, 0.1) is 28.6 Å². The minimum Gasteiger partial charge on any atom is -0.493 e. The summed E-state index contributed by atoms with van der Waals surface area (Å²) in [4.78, 5) is 0. The van der Waals surface area contributed by atoms with Gasteiger partial charge in [-0.25, -0.2) is 0 Å². The lowest BCUT2D eigenvalue weighted by molar-refractivity contribution is 0.240. The van der Waals surface area contributed by atoms with Crippen LogP contribution in [0.3, 0.4) is 0 Å². The normalized spacial score (nSPS) is 7.55. The molecular formula is C8H8N2O. The van der Waals surface area contributed by atoms with E-state index in [9.17, 15) is 0 Å². The van der Waals surface area contributed by atoms with Gasteiger partial charge in [0.25, 0.3) is 0 Å². The summed E-state index contributed by atoms with van der Waals surface area (Å²) in [5.41, 5.74) is 2.41. The number of rotatable bonds is 4. The van der Waals surface area contributed by atoms with Crippen molar-refractivity contribution in [3.63, 3.8) is 0 Å². The van der Waals surface area contributed by atoms with Crippen molar-refractivity contribution in [3.05, 3.63) is 18.6 Å². The molecule has 0 amide bonds. The van der Waals surface area contributed by atoms with Crippen LogP contribution in [-0.2, 0) is 4.74 Å². The van der Waals surface area contributed by atoms with Crippen molar-refractivity contribution in [2.75, 3.05) is 6.61 Å². The number of nitrogens with zero attached hydrogens (tertiary/aromatic N) is 2. The monoisotopic (exact) mass is 148 g/mol. The average molecular weight is 148 g/mol. The third kappa shape index (κ3) is 4.78. The van der Waals surface area contributed by atoms with Gasteiger partial charge in [0.05, 0.1) is 18.7 Å². The summed E-state index contributed by atoms with van der Waals surface area (Å²) in [6.45, 7) is 3.64. The second kappa shape index (κ2) is 6.42. The molecule has 0 heterocycles. The molecule has 0 aromatic rings. The molecule has 0 aliphatic rings. The van der Waals surface area contributed by atoms with Gasteiger partial charge < -0.3 is 4.74 Å². The molecule has 0 saturated heterocycles. The van der Waals surface area contributed by atoms with Crippen LogP contribution in [0.15, 0.2) is 18.6 Å². The molecule has 0 aliphatic heterocycles. The summed E-state index contributed by atoms with van der Waals surface area (Å²) in [7, 11) is 0. The van der Waals surface area contributed by atoms with Crippen molar-refractivity contribution in [3.8, 4) is 12.1 Å². The van der Waals surface area contributed by atoms with E-state index < -0.39 is 5.92 Å². The van der Waals surface area contributed by atoms with E-state index >= 15 is 0 Å². The largest absolute Gasteiger partial charge is 0.493 e. The van der Waals surface area contributed by atoms with Crippen molar-refractivity contribution in [2.24, 2.45) is 5.92 Å². The lowest BCUT2D eigenvalue weighted by Gasteiger charge is -1.97. The Kier molecular flexibility index (Phi) is 5.43. The zero-order chi connectivity index (χ0) is 8.53. The molecule has 0 saturated carbocycles. The fourth-order valence-corrected chi connectivity index (χ4v) is 0.462. The van der Waals surface area contributed by atoms with Gasteiger partial charge in [-0.2, -0.15) is 10.5 Å². The van der Waals surface area contributed by atoms with Crippen molar-refractivity contribution < 1.29 is 4.74 Å². The fourth-order valence-electron chi connectivity index (χ4n) is 0.462. The number of ether oxygens (including phenoxy) is 1. The third-order valence-corrected chi connectivity index (χ3v) is 1.00. The van der Waals surface area contributed by atoms with Crippen LogP contribution in [0.2, 0.25) is 0 Å². The molecule has 0 unspecified atom stereocenters. The van der Waals surface area contributed by atoms with Crippen LogP contribution in [0.5, 0.6) is 0 Å². The second-order valence-electron chi connectivity index (χ2n) is 1.79. The summed E-state index contributed by atoms with van der Waals surface area (Å²) < 4.78 is 4.82. The van der Waals surface area contributed by atoms with Gasteiger partial charge in [-0.05, 0) is 0 Å². The first-order valence-electron chi connectivity index (χ1n) is 3.10. The minimum atomic E-state index is -0.576. The molecule has 0 aromatic heterocycles. The highest BCUT2D eigenvalue weighted by Crippen LogP contribution is 1.98. The van der Waals surface area contributed by atoms with Crippen molar-refractivity contribution in [2.45, 2.75) is 6.42 Å². The van der Waals surface area contributed by atoms with Crippen molar-refractivity contribution in [1.29, 1.82) is 10.5 Å². The van der Waals surface area contributed by atoms with Crippen LogP contribution in [0.1, 0.15) is 6.42 Å². The van der Waals surface area contributed by atoms with Crippen LogP contribution in [-0.4, -0.2) is 6.61 Å². The van der Waals surface area contributed by atoms with Crippen LogP contribution < -0.4 is 0 Å². The van der Waals surface area contributed by atoms with Gasteiger partial charge in [0.15, 0.2) is 0 Å². The fraction of sp³-hybridized carbons (Fsp3) is 0.375. The minimum absolute atomic E-state index is 0.355. The van der Waals surface area contributed by atoms with Crippen molar-refractivity contribution in [1.82, 2.24) is 0 Å². The summed E-state index contributed by atoms with van der Waals surface area (Å²) in [5, 5.41) is 16.6. The molecule has 0 rings (SSSR count). The maximum Gasteiger partial charge on any atom is 0.136 e. The molecule has 3 nitrogen and oxygen atoms in total. The summed E-state index contributed by atoms with van der Waals surface area (Å²) in [5.74, 6) is -0.576. The Morgan fingerprint density at radius 1 is 1.45 bits per heavy atom. The van der Waals surface area contributed by atoms with Gasteiger partial charge >= 0.3 is 0 Å². The van der Waals surface area contributed by atoms with Crippen LogP contribution in [0.4, 0.5) is 0 Å². The molecule has 0 atom stereocenters. The zero-order valence-electron chi connectivity index (χ0n) is 6.08. The molecule has 11 heavy (non-hydrogen) atoms. The van der Waals surface area contributed by atoms with E-state index in [-0.39, 0.29) is 0 Å². The number of hydrogen-bond donors (Lipinski definition) is 0. The van der Waals surface area contributed by atoms with E-state index in [4.69, 9.17) is 15.3 Å². The highest BCUT2D eigenvalue weighted by Gasteiger charge is 2.03. The maximum atomic E-state index is 8.32. The molecule has 0 aromatic carbocycles. The number of nitriles is 2. The van der Waals surface area contributed by atoms with E-state index in [1.54, 1.807) is 0 Å². The first kappa shape index (κ1) is 9.30. The van der Waals surface area contributed by atoms with Crippen LogP contribution in [0.25, 0.3) is 0 Å². The predicted octanol–water partition coefficient (Wildman–Crippen LogP) is 1.36. The Labute approximate surface area is 65.8 Å². The molecular weight excluding hydrogens is 140 g/mol. The van der Waals surface area contributed by atoms with Gasteiger partial charge in [0, 0.05) is 6.42 Å². The molecule has 0 spiro atoms. The predicted molar refractivity (Wildman–Crippen MR) is 39.0 cm³/mol. The topological polar surface area (TPSA) is 56.8 Å². The SMILES string of the molecule is C=C=COCCC(C#N)C#N. The Morgan fingerprint density at radius 2 is 2.09 bits per heavy atom. The average Bonchev–Trinajstić information content (AvgIpc) is 2.05. The second-order valence-corrected chi connectivity index (χ2v) is 1.79. The van der Waals surface area contributed by atoms with Gasteiger partial charge in [-0.1, -0.05) is 12.3 Å². The first-order chi connectivity index (χ1) is 5.35. The van der Waals surface area contributed by atoms with Gasteiger partial charge in [0.2, 0.25) is 0 Å². The van der Waals surface area contributed by atoms with E-state index in [2.05, 4.69) is 12.3 Å². The molecule has 0 aliphatic carbocycles. The van der Waals surface area contributed by atoms with E-state index in [1.807, 2.05) is 12.1 Å². The number of hydrogen-bond acceptors (Lipinski definition) is 3. The van der Waals surface area contributed by atoms with Crippen LogP contribution >= 0.6 is 0 Å².